The molecule has 0 radical (unpaired) electrons. The molecule has 2 aliphatic rings. The summed E-state index contributed by atoms with van der Waals surface area (Å²) in [6, 6.07) is 0. The number of ether oxygens (including phenoxy) is 1. The van der Waals surface area contributed by atoms with E-state index in [1.165, 1.54) is 17.9 Å². The quantitative estimate of drug-likeness (QED) is 0.766. The van der Waals surface area contributed by atoms with E-state index in [1.807, 2.05) is 16.7 Å². The summed E-state index contributed by atoms with van der Waals surface area (Å²) in [5.74, 6) is 3.51. The third kappa shape index (κ3) is 3.64. The lowest BCUT2D eigenvalue weighted by Crippen LogP contribution is -2.45. The van der Waals surface area contributed by atoms with Crippen LogP contribution < -0.4 is 5.32 Å². The molecule has 0 bridgehead atoms. The van der Waals surface area contributed by atoms with Crippen LogP contribution in [0, 0.1) is 5.92 Å². The fraction of sp³-hybridized carbons (Fsp3) is 0.909. The average Bonchev–Trinajstić information content (AvgIpc) is 2.83. The van der Waals surface area contributed by atoms with E-state index in [0.29, 0.717) is 19.8 Å². The molecule has 0 saturated carbocycles. The van der Waals surface area contributed by atoms with Gasteiger partial charge in [-0.05, 0) is 30.4 Å². The Kier molecular flexibility index (Phi) is 4.93. The fourth-order valence-electron chi connectivity index (χ4n) is 2.05. The van der Waals surface area contributed by atoms with Crippen LogP contribution in [0.15, 0.2) is 0 Å². The maximum absolute atomic E-state index is 11.8. The minimum absolute atomic E-state index is 0.217. The van der Waals surface area contributed by atoms with Crippen molar-refractivity contribution >= 4 is 17.7 Å². The van der Waals surface area contributed by atoms with Gasteiger partial charge < -0.3 is 15.0 Å². The topological polar surface area (TPSA) is 41.6 Å². The van der Waals surface area contributed by atoms with Crippen LogP contribution in [-0.2, 0) is 9.53 Å². The van der Waals surface area contributed by atoms with E-state index in [-0.39, 0.29) is 5.91 Å². The molecule has 5 heteroatoms. The van der Waals surface area contributed by atoms with Gasteiger partial charge in [0.05, 0.1) is 19.8 Å². The molecule has 2 aliphatic heterocycles. The molecule has 16 heavy (non-hydrogen) atoms. The van der Waals surface area contributed by atoms with Gasteiger partial charge in [-0.2, -0.15) is 11.8 Å². The molecule has 1 atom stereocenters. The van der Waals surface area contributed by atoms with Gasteiger partial charge in [0.2, 0.25) is 5.91 Å². The summed E-state index contributed by atoms with van der Waals surface area (Å²) in [4.78, 5) is 13.7. The normalized spacial score (nSPS) is 26.0. The summed E-state index contributed by atoms with van der Waals surface area (Å²) in [5, 5.41) is 3.28. The minimum atomic E-state index is 0.217. The van der Waals surface area contributed by atoms with Crippen molar-refractivity contribution in [3.05, 3.63) is 0 Å². The largest absolute Gasteiger partial charge is 0.378 e. The number of hydrogen-bond acceptors (Lipinski definition) is 4. The van der Waals surface area contributed by atoms with Crippen LogP contribution in [0.25, 0.3) is 0 Å². The van der Waals surface area contributed by atoms with Crippen LogP contribution in [0.1, 0.15) is 6.42 Å². The Morgan fingerprint density at radius 1 is 1.44 bits per heavy atom. The zero-order valence-electron chi connectivity index (χ0n) is 9.61. The number of carbonyl (C=O) groups is 1. The highest BCUT2D eigenvalue weighted by Gasteiger charge is 2.18. The van der Waals surface area contributed by atoms with E-state index in [2.05, 4.69) is 5.32 Å². The van der Waals surface area contributed by atoms with E-state index >= 15 is 0 Å². The summed E-state index contributed by atoms with van der Waals surface area (Å²) in [6.07, 6.45) is 1.30. The van der Waals surface area contributed by atoms with Gasteiger partial charge in [0.1, 0.15) is 0 Å². The van der Waals surface area contributed by atoms with Gasteiger partial charge in [-0.15, -0.1) is 0 Å². The van der Waals surface area contributed by atoms with Crippen LogP contribution in [0.4, 0.5) is 0 Å². The summed E-state index contributed by atoms with van der Waals surface area (Å²) in [6.45, 7) is 4.35. The van der Waals surface area contributed by atoms with Crippen molar-refractivity contribution in [2.45, 2.75) is 6.42 Å². The Morgan fingerprint density at radius 3 is 2.94 bits per heavy atom. The van der Waals surface area contributed by atoms with Crippen LogP contribution >= 0.6 is 11.8 Å². The van der Waals surface area contributed by atoms with Crippen LogP contribution in [-0.4, -0.2) is 61.7 Å². The molecule has 0 aromatic heterocycles. The molecule has 0 spiro atoms. The number of carbonyl (C=O) groups excluding carboxylic acids is 1. The van der Waals surface area contributed by atoms with Gasteiger partial charge in [-0.1, -0.05) is 0 Å². The standard InChI is InChI=1S/C11H20N2O2S/c14-11(13-2-4-15-5-3-13)8-12-7-10-1-6-16-9-10/h10,12H,1-9H2. The van der Waals surface area contributed by atoms with Crippen molar-refractivity contribution in [3.63, 3.8) is 0 Å². The maximum Gasteiger partial charge on any atom is 0.236 e. The van der Waals surface area contributed by atoms with E-state index in [4.69, 9.17) is 4.74 Å². The van der Waals surface area contributed by atoms with Gasteiger partial charge in [-0.25, -0.2) is 0 Å². The van der Waals surface area contributed by atoms with Gasteiger partial charge >= 0.3 is 0 Å². The summed E-state index contributed by atoms with van der Waals surface area (Å²) in [5.41, 5.74) is 0. The van der Waals surface area contributed by atoms with Gasteiger partial charge in [0.15, 0.2) is 0 Å². The fourth-order valence-corrected chi connectivity index (χ4v) is 3.34. The van der Waals surface area contributed by atoms with E-state index in [0.717, 1.165) is 25.6 Å². The predicted molar refractivity (Wildman–Crippen MR) is 65.7 cm³/mol. The van der Waals surface area contributed by atoms with Crippen molar-refractivity contribution in [2.75, 3.05) is 50.9 Å². The Morgan fingerprint density at radius 2 is 2.25 bits per heavy atom. The first kappa shape index (κ1) is 12.2. The number of hydrogen-bond donors (Lipinski definition) is 1. The SMILES string of the molecule is O=C(CNCC1CCSC1)N1CCOCC1. The number of morpholine rings is 1. The molecular formula is C11H20N2O2S. The molecule has 0 aliphatic carbocycles. The molecule has 1 N–H and O–H groups in total. The summed E-state index contributed by atoms with van der Waals surface area (Å²) in [7, 11) is 0. The van der Waals surface area contributed by atoms with Crippen molar-refractivity contribution in [2.24, 2.45) is 5.92 Å². The van der Waals surface area contributed by atoms with E-state index in [1.54, 1.807) is 0 Å². The Labute approximate surface area is 101 Å². The first-order valence-electron chi connectivity index (χ1n) is 6.00. The lowest BCUT2D eigenvalue weighted by Gasteiger charge is -2.27. The highest BCUT2D eigenvalue weighted by atomic mass is 32.2. The Hall–Kier alpha value is -0.260. The van der Waals surface area contributed by atoms with Gasteiger partial charge in [0.25, 0.3) is 0 Å². The van der Waals surface area contributed by atoms with Crippen molar-refractivity contribution in [1.29, 1.82) is 0 Å². The third-order valence-corrected chi connectivity index (χ3v) is 4.33. The number of thioether (sulfide) groups is 1. The van der Waals surface area contributed by atoms with Crippen LogP contribution in [0.5, 0.6) is 0 Å². The zero-order chi connectivity index (χ0) is 11.2. The predicted octanol–water partition coefficient (Wildman–Crippen LogP) is 0.188. The zero-order valence-corrected chi connectivity index (χ0v) is 10.4. The lowest BCUT2D eigenvalue weighted by atomic mass is 10.1. The highest BCUT2D eigenvalue weighted by Crippen LogP contribution is 2.22. The van der Waals surface area contributed by atoms with Crippen molar-refractivity contribution < 1.29 is 9.53 Å². The second-order valence-corrected chi connectivity index (χ2v) is 5.50. The molecular weight excluding hydrogens is 224 g/mol. The molecule has 1 amide bonds. The number of nitrogens with one attached hydrogen (secondary N) is 1. The molecule has 92 valence electrons. The van der Waals surface area contributed by atoms with Crippen LogP contribution in [0.3, 0.4) is 0 Å². The monoisotopic (exact) mass is 244 g/mol. The van der Waals surface area contributed by atoms with Crippen molar-refractivity contribution in [1.82, 2.24) is 10.2 Å². The molecule has 2 heterocycles. The van der Waals surface area contributed by atoms with Gasteiger partial charge in [0, 0.05) is 13.1 Å². The smallest absolute Gasteiger partial charge is 0.236 e. The average molecular weight is 244 g/mol. The number of rotatable bonds is 4. The van der Waals surface area contributed by atoms with E-state index in [9.17, 15) is 4.79 Å². The highest BCUT2D eigenvalue weighted by molar-refractivity contribution is 7.99. The molecule has 2 rings (SSSR count). The summed E-state index contributed by atoms with van der Waals surface area (Å²) < 4.78 is 5.22. The van der Waals surface area contributed by atoms with Crippen molar-refractivity contribution in [3.8, 4) is 0 Å². The van der Waals surface area contributed by atoms with E-state index < -0.39 is 0 Å². The molecule has 0 aromatic carbocycles. The Balaban J connectivity index is 1.59. The third-order valence-electron chi connectivity index (χ3n) is 3.10. The minimum Gasteiger partial charge on any atom is -0.378 e. The van der Waals surface area contributed by atoms with Gasteiger partial charge in [-0.3, -0.25) is 4.79 Å². The lowest BCUT2D eigenvalue weighted by molar-refractivity contribution is -0.134. The maximum atomic E-state index is 11.8. The molecule has 1 unspecified atom stereocenters. The second-order valence-electron chi connectivity index (χ2n) is 4.35. The summed E-state index contributed by atoms with van der Waals surface area (Å²) >= 11 is 2.02. The number of nitrogens with zero attached hydrogens (tertiary/aromatic N) is 1. The second kappa shape index (κ2) is 6.47. The Bertz CT molecular complexity index is 226. The molecule has 2 fully saturated rings. The molecule has 2 saturated heterocycles. The van der Waals surface area contributed by atoms with Crippen LogP contribution in [0.2, 0.25) is 0 Å². The molecule has 4 nitrogen and oxygen atoms in total. The molecule has 0 aromatic rings. The number of amides is 1. The first-order valence-corrected chi connectivity index (χ1v) is 7.15. The first-order chi connectivity index (χ1) is 7.86.